The van der Waals surface area contributed by atoms with E-state index in [-0.39, 0.29) is 5.56 Å². The van der Waals surface area contributed by atoms with Crippen molar-refractivity contribution < 1.29 is 0 Å². The van der Waals surface area contributed by atoms with Crippen LogP contribution in [0.2, 0.25) is 0 Å². The maximum atomic E-state index is 13.1. The minimum Gasteiger partial charge on any atom is -0.377 e. The van der Waals surface area contributed by atoms with Crippen LogP contribution in [-0.2, 0) is 0 Å². The van der Waals surface area contributed by atoms with Crippen LogP contribution < -0.4 is 10.5 Å². The number of fused-ring (bicyclic) bond motifs is 1. The average Bonchev–Trinajstić information content (AvgIpc) is 2.73. The van der Waals surface area contributed by atoms with Crippen LogP contribution in [0.25, 0.3) is 22.3 Å². The fourth-order valence-electron chi connectivity index (χ4n) is 3.10. The van der Waals surface area contributed by atoms with Gasteiger partial charge in [-0.3, -0.25) is 4.79 Å². The Bertz CT molecular complexity index is 1260. The fourth-order valence-corrected chi connectivity index (χ4v) is 3.85. The molecular weight excluding hydrogens is 428 g/mol. The number of hydrogen-bond acceptors (Lipinski definition) is 4. The van der Waals surface area contributed by atoms with Gasteiger partial charge in [-0.25, -0.2) is 4.98 Å². The minimum absolute atomic E-state index is 0.199. The molecule has 3 aromatic carbocycles. The molecule has 0 aliphatic heterocycles. The first kappa shape index (κ1) is 19.1. The Balaban J connectivity index is 1.86. The summed E-state index contributed by atoms with van der Waals surface area (Å²) < 4.78 is 2.32. The standard InChI is InChI=1S/C23H19BrN4O/c1-27(2)21-13-12-16(14-19(21)24)15-25-28-22(17-8-4-3-5-9-17)26-20-11-7-6-10-18(20)23(28)29/h3-15H,1-2H3. The Kier molecular flexibility index (Phi) is 5.27. The molecule has 0 saturated heterocycles. The van der Waals surface area contributed by atoms with Crippen molar-refractivity contribution >= 4 is 38.7 Å². The molecule has 0 aliphatic rings. The number of rotatable bonds is 4. The SMILES string of the molecule is CN(C)c1ccc(C=Nn2c(-c3ccccc3)nc3ccccc3c2=O)cc1Br. The first-order chi connectivity index (χ1) is 14.0. The van der Waals surface area contributed by atoms with Gasteiger partial charge in [0.05, 0.1) is 22.8 Å². The van der Waals surface area contributed by atoms with Crippen LogP contribution in [0.3, 0.4) is 0 Å². The molecule has 0 atom stereocenters. The smallest absolute Gasteiger partial charge is 0.282 e. The van der Waals surface area contributed by atoms with Crippen LogP contribution in [-0.4, -0.2) is 30.0 Å². The van der Waals surface area contributed by atoms with Gasteiger partial charge in [-0.1, -0.05) is 48.5 Å². The number of benzene rings is 3. The zero-order valence-electron chi connectivity index (χ0n) is 16.1. The zero-order chi connectivity index (χ0) is 20.4. The lowest BCUT2D eigenvalue weighted by molar-refractivity contribution is 0.830. The number of aromatic nitrogens is 2. The van der Waals surface area contributed by atoms with Crippen LogP contribution in [0.4, 0.5) is 5.69 Å². The van der Waals surface area contributed by atoms with E-state index in [0.29, 0.717) is 16.7 Å². The van der Waals surface area contributed by atoms with E-state index in [2.05, 4.69) is 21.0 Å². The monoisotopic (exact) mass is 446 g/mol. The van der Waals surface area contributed by atoms with Gasteiger partial charge in [0.15, 0.2) is 5.82 Å². The molecule has 6 heteroatoms. The van der Waals surface area contributed by atoms with E-state index in [0.717, 1.165) is 21.3 Å². The number of nitrogens with zero attached hydrogens (tertiary/aromatic N) is 4. The van der Waals surface area contributed by atoms with Gasteiger partial charge in [0.2, 0.25) is 0 Å². The minimum atomic E-state index is -0.199. The maximum Gasteiger partial charge on any atom is 0.282 e. The molecule has 4 aromatic rings. The first-order valence-electron chi connectivity index (χ1n) is 9.13. The van der Waals surface area contributed by atoms with Gasteiger partial charge in [0.1, 0.15) is 0 Å². The zero-order valence-corrected chi connectivity index (χ0v) is 17.7. The Morgan fingerprint density at radius 3 is 2.45 bits per heavy atom. The molecule has 0 saturated carbocycles. The molecule has 5 nitrogen and oxygen atoms in total. The van der Waals surface area contributed by atoms with Crippen molar-refractivity contribution in [1.29, 1.82) is 0 Å². The molecule has 0 unspecified atom stereocenters. The normalized spacial score (nSPS) is 11.3. The highest BCUT2D eigenvalue weighted by Gasteiger charge is 2.12. The number of anilines is 1. The van der Waals surface area contributed by atoms with E-state index in [1.165, 1.54) is 4.68 Å². The van der Waals surface area contributed by atoms with Crippen molar-refractivity contribution in [3.63, 3.8) is 0 Å². The quantitative estimate of drug-likeness (QED) is 0.424. The van der Waals surface area contributed by atoms with Gasteiger partial charge in [-0.2, -0.15) is 9.78 Å². The summed E-state index contributed by atoms with van der Waals surface area (Å²) in [7, 11) is 3.97. The van der Waals surface area contributed by atoms with Crippen molar-refractivity contribution in [1.82, 2.24) is 9.66 Å². The van der Waals surface area contributed by atoms with Gasteiger partial charge in [-0.15, -0.1) is 0 Å². The van der Waals surface area contributed by atoms with Gasteiger partial charge >= 0.3 is 0 Å². The maximum absolute atomic E-state index is 13.1. The summed E-state index contributed by atoms with van der Waals surface area (Å²) in [6.45, 7) is 0. The van der Waals surface area contributed by atoms with Gasteiger partial charge in [0, 0.05) is 24.1 Å². The second-order valence-electron chi connectivity index (χ2n) is 6.79. The Hall–Kier alpha value is -3.25. The summed E-state index contributed by atoms with van der Waals surface area (Å²) in [5.74, 6) is 0.509. The fraction of sp³-hybridized carbons (Fsp3) is 0.0870. The van der Waals surface area contributed by atoms with Crippen molar-refractivity contribution in [3.05, 3.63) is 93.2 Å². The lowest BCUT2D eigenvalue weighted by Gasteiger charge is -2.14. The molecule has 1 aromatic heterocycles. The number of halogens is 1. The third kappa shape index (κ3) is 3.84. The largest absolute Gasteiger partial charge is 0.377 e. The summed E-state index contributed by atoms with van der Waals surface area (Å²) in [6, 6.07) is 22.9. The Labute approximate surface area is 177 Å². The van der Waals surface area contributed by atoms with Crippen molar-refractivity contribution in [2.75, 3.05) is 19.0 Å². The molecule has 0 amide bonds. The molecule has 1 heterocycles. The van der Waals surface area contributed by atoms with E-state index in [4.69, 9.17) is 4.98 Å². The number of hydrogen-bond donors (Lipinski definition) is 0. The molecule has 0 N–H and O–H groups in total. The third-order valence-electron chi connectivity index (χ3n) is 4.56. The summed E-state index contributed by atoms with van der Waals surface area (Å²) >= 11 is 3.59. The number of para-hydroxylation sites is 1. The molecule has 144 valence electrons. The highest BCUT2D eigenvalue weighted by molar-refractivity contribution is 9.10. The van der Waals surface area contributed by atoms with Crippen molar-refractivity contribution in [2.24, 2.45) is 5.10 Å². The van der Waals surface area contributed by atoms with E-state index < -0.39 is 0 Å². The molecule has 0 radical (unpaired) electrons. The lowest BCUT2D eigenvalue weighted by Crippen LogP contribution is -2.20. The topological polar surface area (TPSA) is 50.5 Å². The van der Waals surface area contributed by atoms with Crippen molar-refractivity contribution in [2.45, 2.75) is 0 Å². The average molecular weight is 447 g/mol. The molecule has 0 bridgehead atoms. The molecule has 4 rings (SSSR count). The van der Waals surface area contributed by atoms with E-state index >= 15 is 0 Å². The third-order valence-corrected chi connectivity index (χ3v) is 5.20. The van der Waals surface area contributed by atoms with Crippen molar-refractivity contribution in [3.8, 4) is 11.4 Å². The lowest BCUT2D eigenvalue weighted by atomic mass is 10.2. The summed E-state index contributed by atoms with van der Waals surface area (Å²) in [5, 5.41) is 5.04. The van der Waals surface area contributed by atoms with Gasteiger partial charge in [-0.05, 0) is 45.8 Å². The van der Waals surface area contributed by atoms with E-state index in [9.17, 15) is 4.79 Å². The molecule has 0 fully saturated rings. The van der Waals surface area contributed by atoms with Crippen LogP contribution >= 0.6 is 15.9 Å². The highest BCUT2D eigenvalue weighted by Crippen LogP contribution is 2.25. The predicted molar refractivity (Wildman–Crippen MR) is 123 cm³/mol. The summed E-state index contributed by atoms with van der Waals surface area (Å²) in [6.07, 6.45) is 1.68. The molecular formula is C23H19BrN4O. The van der Waals surface area contributed by atoms with Crippen LogP contribution in [0.5, 0.6) is 0 Å². The van der Waals surface area contributed by atoms with E-state index in [1.807, 2.05) is 85.7 Å². The first-order valence-corrected chi connectivity index (χ1v) is 9.92. The Morgan fingerprint density at radius 2 is 1.72 bits per heavy atom. The van der Waals surface area contributed by atoms with Gasteiger partial charge < -0.3 is 4.90 Å². The van der Waals surface area contributed by atoms with Crippen LogP contribution in [0.15, 0.2) is 87.2 Å². The molecule has 0 aliphatic carbocycles. The predicted octanol–water partition coefficient (Wildman–Crippen LogP) is 4.77. The summed E-state index contributed by atoms with van der Waals surface area (Å²) in [5.41, 5.74) is 3.23. The van der Waals surface area contributed by atoms with Gasteiger partial charge in [0.25, 0.3) is 5.56 Å². The summed E-state index contributed by atoms with van der Waals surface area (Å²) in [4.78, 5) is 19.9. The molecule has 29 heavy (non-hydrogen) atoms. The Morgan fingerprint density at radius 1 is 1.00 bits per heavy atom. The van der Waals surface area contributed by atoms with E-state index in [1.54, 1.807) is 12.3 Å². The van der Waals surface area contributed by atoms with Crippen LogP contribution in [0, 0.1) is 0 Å². The molecule has 0 spiro atoms. The highest BCUT2D eigenvalue weighted by atomic mass is 79.9. The second-order valence-corrected chi connectivity index (χ2v) is 7.64. The van der Waals surface area contributed by atoms with Crippen LogP contribution in [0.1, 0.15) is 5.56 Å². The second kappa shape index (κ2) is 8.01.